The van der Waals surface area contributed by atoms with Gasteiger partial charge in [-0.1, -0.05) is 30.3 Å². The van der Waals surface area contributed by atoms with Crippen LogP contribution < -0.4 is 11.1 Å². The van der Waals surface area contributed by atoms with E-state index in [0.29, 0.717) is 28.2 Å². The molecule has 0 unspecified atom stereocenters. The molecule has 0 saturated heterocycles. The summed E-state index contributed by atoms with van der Waals surface area (Å²) in [7, 11) is 0. The molecule has 0 aliphatic carbocycles. The Kier molecular flexibility index (Phi) is 6.03. The third-order valence-electron chi connectivity index (χ3n) is 5.76. The van der Waals surface area contributed by atoms with E-state index in [1.54, 1.807) is 30.6 Å². The van der Waals surface area contributed by atoms with Crippen LogP contribution in [0.5, 0.6) is 0 Å². The lowest BCUT2D eigenvalue weighted by Gasteiger charge is -2.16. The molecule has 0 saturated carbocycles. The topological polar surface area (TPSA) is 130 Å². The van der Waals surface area contributed by atoms with Gasteiger partial charge in [-0.2, -0.15) is 5.26 Å². The maximum absolute atomic E-state index is 13.2. The zero-order valence-electron chi connectivity index (χ0n) is 19.4. The van der Waals surface area contributed by atoms with Crippen LogP contribution >= 0.6 is 0 Å². The van der Waals surface area contributed by atoms with Crippen molar-refractivity contribution in [2.45, 2.75) is 13.0 Å². The lowest BCUT2D eigenvalue weighted by Crippen LogP contribution is -2.29. The molecule has 5 aromatic rings. The van der Waals surface area contributed by atoms with Gasteiger partial charge in [0.15, 0.2) is 11.5 Å². The molecule has 3 N–H and O–H groups in total. The van der Waals surface area contributed by atoms with Crippen LogP contribution in [0.15, 0.2) is 85.2 Å². The molecule has 1 atom stereocenters. The number of pyridine rings is 2. The number of carbonyl (C=O) groups is 1. The molecular weight excluding hydrogens is 450 g/mol. The monoisotopic (exact) mass is 471 g/mol. The summed E-state index contributed by atoms with van der Waals surface area (Å²) in [6, 6.07) is 23.8. The van der Waals surface area contributed by atoms with Crippen LogP contribution in [-0.4, -0.2) is 25.8 Å². The Bertz CT molecular complexity index is 1630. The van der Waals surface area contributed by atoms with E-state index in [4.69, 9.17) is 10.7 Å². The van der Waals surface area contributed by atoms with Gasteiger partial charge in [-0.05, 0) is 49.4 Å². The molecule has 0 aliphatic rings. The number of nitrogens with one attached hydrogen (secondary N) is 1. The van der Waals surface area contributed by atoms with E-state index < -0.39 is 5.91 Å². The van der Waals surface area contributed by atoms with E-state index in [9.17, 15) is 10.1 Å². The highest BCUT2D eigenvalue weighted by atomic mass is 16.2. The normalized spacial score (nSPS) is 11.6. The zero-order valence-corrected chi connectivity index (χ0v) is 19.4. The Morgan fingerprint density at radius 2 is 1.72 bits per heavy atom. The summed E-state index contributed by atoms with van der Waals surface area (Å²) in [5.74, 6) is -0.469. The van der Waals surface area contributed by atoms with E-state index in [-0.39, 0.29) is 17.6 Å². The van der Waals surface area contributed by atoms with Crippen molar-refractivity contribution in [3.05, 3.63) is 102 Å². The summed E-state index contributed by atoms with van der Waals surface area (Å²) in [5, 5.41) is 13.2. The van der Waals surface area contributed by atoms with Crippen LogP contribution in [0.3, 0.4) is 0 Å². The number of carbonyl (C=O) groups excluding carboxylic acids is 1. The lowest BCUT2D eigenvalue weighted by atomic mass is 10.0. The number of anilines is 1. The molecule has 8 heteroatoms. The molecule has 3 heterocycles. The summed E-state index contributed by atoms with van der Waals surface area (Å²) < 4.78 is 0. The molecule has 0 spiro atoms. The van der Waals surface area contributed by atoms with Gasteiger partial charge in [0.25, 0.3) is 5.91 Å². The molecule has 174 valence electrons. The van der Waals surface area contributed by atoms with Gasteiger partial charge in [0.1, 0.15) is 0 Å². The molecule has 0 radical (unpaired) electrons. The second-order valence-electron chi connectivity index (χ2n) is 8.21. The minimum atomic E-state index is -0.459. The first-order valence-electron chi connectivity index (χ1n) is 11.3. The Morgan fingerprint density at radius 3 is 2.53 bits per heavy atom. The molecule has 3 aromatic heterocycles. The van der Waals surface area contributed by atoms with Gasteiger partial charge in [-0.3, -0.25) is 14.8 Å². The standard InChI is InChI=1S/C28H21N7O/c1-17(22-9-2-3-12-31-22)33-28(36)26-27(30)35-25(20-7-4-6-18(14-20)16-29)24(34-26)21-10-11-23-19(15-21)8-5-13-32-23/h2-15,17H,1H3,(H2,30,35)(H,33,36)/t17-/m0/s1. The van der Waals surface area contributed by atoms with Crippen LogP contribution in [0.2, 0.25) is 0 Å². The van der Waals surface area contributed by atoms with Crippen LogP contribution in [0.1, 0.15) is 34.7 Å². The second kappa shape index (κ2) is 9.60. The Hall–Kier alpha value is -5.16. The van der Waals surface area contributed by atoms with Gasteiger partial charge in [0, 0.05) is 28.9 Å². The smallest absolute Gasteiger partial charge is 0.274 e. The number of nitrogens with two attached hydrogens (primary N) is 1. The Labute approximate surface area is 207 Å². The van der Waals surface area contributed by atoms with Crippen molar-refractivity contribution in [2.24, 2.45) is 0 Å². The predicted molar refractivity (Wildman–Crippen MR) is 137 cm³/mol. The molecule has 0 aliphatic heterocycles. The van der Waals surface area contributed by atoms with Crippen molar-refractivity contribution in [3.8, 4) is 28.6 Å². The number of fused-ring (bicyclic) bond motifs is 1. The van der Waals surface area contributed by atoms with Gasteiger partial charge >= 0.3 is 0 Å². The third-order valence-corrected chi connectivity index (χ3v) is 5.76. The zero-order chi connectivity index (χ0) is 25.1. The highest BCUT2D eigenvalue weighted by molar-refractivity contribution is 5.98. The summed E-state index contributed by atoms with van der Waals surface area (Å²) in [4.78, 5) is 31.2. The summed E-state index contributed by atoms with van der Waals surface area (Å²) >= 11 is 0. The average molecular weight is 472 g/mol. The Balaban J connectivity index is 1.63. The molecule has 2 aromatic carbocycles. The van der Waals surface area contributed by atoms with Crippen molar-refractivity contribution in [1.29, 1.82) is 5.26 Å². The maximum atomic E-state index is 13.2. The van der Waals surface area contributed by atoms with Gasteiger partial charge < -0.3 is 11.1 Å². The lowest BCUT2D eigenvalue weighted by molar-refractivity contribution is 0.0935. The van der Waals surface area contributed by atoms with E-state index in [1.165, 1.54) is 0 Å². The molecule has 0 fully saturated rings. The highest BCUT2D eigenvalue weighted by Gasteiger charge is 2.22. The van der Waals surface area contributed by atoms with Gasteiger partial charge in [0.2, 0.25) is 0 Å². The fourth-order valence-corrected chi connectivity index (χ4v) is 3.95. The largest absolute Gasteiger partial charge is 0.382 e. The SMILES string of the molecule is C[C@H](NC(=O)c1nc(-c2ccc3ncccc3c2)c(-c2cccc(C#N)c2)nc1N)c1ccccn1. The first kappa shape index (κ1) is 22.6. The first-order valence-corrected chi connectivity index (χ1v) is 11.3. The first-order chi connectivity index (χ1) is 17.5. The van der Waals surface area contributed by atoms with E-state index in [0.717, 1.165) is 16.5 Å². The Morgan fingerprint density at radius 1 is 0.917 bits per heavy atom. The predicted octanol–water partition coefficient (Wildman–Crippen LogP) is 4.70. The molecule has 5 rings (SSSR count). The number of rotatable bonds is 5. The minimum Gasteiger partial charge on any atom is -0.382 e. The number of hydrogen-bond acceptors (Lipinski definition) is 7. The number of nitrogen functional groups attached to an aromatic ring is 1. The number of amides is 1. The van der Waals surface area contributed by atoms with Crippen molar-refractivity contribution in [3.63, 3.8) is 0 Å². The van der Waals surface area contributed by atoms with Crippen molar-refractivity contribution < 1.29 is 4.79 Å². The number of nitriles is 1. The number of aromatic nitrogens is 4. The van der Waals surface area contributed by atoms with Crippen LogP contribution in [0.4, 0.5) is 5.82 Å². The quantitative estimate of drug-likeness (QED) is 0.380. The summed E-state index contributed by atoms with van der Waals surface area (Å²) in [6.45, 7) is 1.84. The molecule has 0 bridgehead atoms. The fourth-order valence-electron chi connectivity index (χ4n) is 3.95. The van der Waals surface area contributed by atoms with Crippen LogP contribution in [0, 0.1) is 11.3 Å². The minimum absolute atomic E-state index is 0.00992. The molecule has 8 nitrogen and oxygen atoms in total. The highest BCUT2D eigenvalue weighted by Crippen LogP contribution is 2.32. The number of nitrogens with zero attached hydrogens (tertiary/aromatic N) is 5. The maximum Gasteiger partial charge on any atom is 0.274 e. The number of hydrogen-bond donors (Lipinski definition) is 2. The van der Waals surface area contributed by atoms with E-state index >= 15 is 0 Å². The molecular formula is C28H21N7O. The fraction of sp³-hybridized carbons (Fsp3) is 0.0714. The number of benzene rings is 2. The summed E-state index contributed by atoms with van der Waals surface area (Å²) in [6.07, 6.45) is 3.40. The molecule has 36 heavy (non-hydrogen) atoms. The second-order valence-corrected chi connectivity index (χ2v) is 8.21. The molecule has 1 amide bonds. The summed E-state index contributed by atoms with van der Waals surface area (Å²) in [5.41, 5.74) is 10.7. The van der Waals surface area contributed by atoms with Gasteiger partial charge in [0.05, 0.1) is 40.3 Å². The third kappa shape index (κ3) is 4.45. The van der Waals surface area contributed by atoms with E-state index in [2.05, 4.69) is 26.3 Å². The average Bonchev–Trinajstić information content (AvgIpc) is 2.93. The van der Waals surface area contributed by atoms with Crippen molar-refractivity contribution in [1.82, 2.24) is 25.3 Å². The van der Waals surface area contributed by atoms with Crippen LogP contribution in [-0.2, 0) is 0 Å². The van der Waals surface area contributed by atoms with Crippen molar-refractivity contribution >= 4 is 22.6 Å². The van der Waals surface area contributed by atoms with E-state index in [1.807, 2.05) is 61.5 Å². The van der Waals surface area contributed by atoms with Gasteiger partial charge in [-0.25, -0.2) is 9.97 Å². The van der Waals surface area contributed by atoms with Crippen LogP contribution in [0.25, 0.3) is 33.4 Å². The van der Waals surface area contributed by atoms with Crippen molar-refractivity contribution in [2.75, 3.05) is 5.73 Å². The van der Waals surface area contributed by atoms with Gasteiger partial charge in [-0.15, -0.1) is 0 Å².